The number of rotatable bonds is 5. The molecule has 0 saturated heterocycles. The topological polar surface area (TPSA) is 69.6 Å². The fourth-order valence-electron chi connectivity index (χ4n) is 8.49. The highest BCUT2D eigenvalue weighted by molar-refractivity contribution is 6.12. The summed E-state index contributed by atoms with van der Waals surface area (Å²) >= 11 is 0. The van der Waals surface area contributed by atoms with Crippen LogP contribution in [0.1, 0.15) is 0 Å². The molecule has 0 spiro atoms. The van der Waals surface area contributed by atoms with Crippen molar-refractivity contribution in [3.63, 3.8) is 0 Å². The van der Waals surface area contributed by atoms with E-state index in [1.165, 1.54) is 21.9 Å². The van der Waals surface area contributed by atoms with Crippen LogP contribution in [-0.4, -0.2) is 24.5 Å². The molecule has 0 bridgehead atoms. The van der Waals surface area contributed by atoms with Gasteiger partial charge in [0.15, 0.2) is 17.5 Å². The number of benzene rings is 8. The highest BCUT2D eigenvalue weighted by Crippen LogP contribution is 2.39. The number of hydrogen-bond acceptors (Lipinski definition) is 5. The molecule has 12 rings (SSSR count). The van der Waals surface area contributed by atoms with E-state index < -0.39 is 0 Å². The Kier molecular flexibility index (Phi) is 7.13. The van der Waals surface area contributed by atoms with Gasteiger partial charge in [0.2, 0.25) is 5.71 Å². The molecule has 8 aromatic carbocycles. The van der Waals surface area contributed by atoms with Gasteiger partial charge in [-0.3, -0.25) is 0 Å². The average molecular weight is 742 g/mol. The van der Waals surface area contributed by atoms with Crippen LogP contribution >= 0.6 is 0 Å². The molecule has 58 heavy (non-hydrogen) atoms. The van der Waals surface area contributed by atoms with E-state index >= 15 is 0 Å². The minimum atomic E-state index is 0.577. The molecule has 6 heteroatoms. The summed E-state index contributed by atoms with van der Waals surface area (Å²) in [6, 6.07) is 63.8. The second kappa shape index (κ2) is 12.8. The number of hydrogen-bond donors (Lipinski definition) is 0. The molecular weight excluding hydrogens is 711 g/mol. The molecule has 0 amide bonds. The van der Waals surface area contributed by atoms with Crippen LogP contribution in [0.2, 0.25) is 0 Å². The van der Waals surface area contributed by atoms with Crippen molar-refractivity contribution < 1.29 is 4.42 Å². The molecule has 0 saturated carbocycles. The number of nitrogens with zero attached hydrogens (tertiary/aromatic N) is 5. The lowest BCUT2D eigenvalue weighted by Gasteiger charge is -2.15. The Morgan fingerprint density at radius 3 is 1.84 bits per heavy atom. The van der Waals surface area contributed by atoms with Crippen LogP contribution in [0.15, 0.2) is 193 Å². The highest BCUT2D eigenvalue weighted by Gasteiger charge is 2.20. The van der Waals surface area contributed by atoms with Gasteiger partial charge in [-0.05, 0) is 94.0 Å². The lowest BCUT2D eigenvalue weighted by molar-refractivity contribution is 0.654. The highest BCUT2D eigenvalue weighted by atomic mass is 16.3. The Hall–Kier alpha value is -7.96. The lowest BCUT2D eigenvalue weighted by Crippen LogP contribution is -2.02. The molecule has 0 fully saturated rings. The van der Waals surface area contributed by atoms with Crippen molar-refractivity contribution >= 4 is 65.4 Å². The number of para-hydroxylation sites is 1. The summed E-state index contributed by atoms with van der Waals surface area (Å²) in [5.41, 5.74) is 9.74. The maximum absolute atomic E-state index is 6.08. The summed E-state index contributed by atoms with van der Waals surface area (Å²) < 4.78 is 8.48. The van der Waals surface area contributed by atoms with E-state index in [1.54, 1.807) is 6.20 Å². The Labute approximate surface area is 332 Å². The van der Waals surface area contributed by atoms with E-state index in [-0.39, 0.29) is 0 Å². The predicted octanol–water partition coefficient (Wildman–Crippen LogP) is 13.2. The van der Waals surface area contributed by atoms with Crippen LogP contribution < -0.4 is 0 Å². The van der Waals surface area contributed by atoms with Gasteiger partial charge in [0, 0.05) is 49.8 Å². The third-order valence-electron chi connectivity index (χ3n) is 11.3. The Morgan fingerprint density at radius 2 is 0.983 bits per heavy atom. The first-order valence-electron chi connectivity index (χ1n) is 19.4. The zero-order valence-electron chi connectivity index (χ0n) is 31.0. The van der Waals surface area contributed by atoms with E-state index in [0.717, 1.165) is 71.3 Å². The molecule has 0 atom stereocenters. The first-order chi connectivity index (χ1) is 28.7. The lowest BCUT2D eigenvalue weighted by atomic mass is 10.0. The van der Waals surface area contributed by atoms with Crippen molar-refractivity contribution in [2.24, 2.45) is 0 Å². The van der Waals surface area contributed by atoms with Gasteiger partial charge in [0.25, 0.3) is 0 Å². The van der Waals surface area contributed by atoms with Gasteiger partial charge in [0.05, 0.1) is 16.7 Å². The molecule has 0 radical (unpaired) electrons. The number of aromatic nitrogens is 5. The average Bonchev–Trinajstić information content (AvgIpc) is 3.83. The third kappa shape index (κ3) is 5.20. The summed E-state index contributed by atoms with van der Waals surface area (Å²) in [5, 5.41) is 8.82. The SMILES string of the molecule is c1ccc(-c2ccc3c(c2)c2ccccc2n3-c2cc(-c3nc(-c4ccc5ccccc5c4)nc(-c4ccc5oc6ncccc6c5c4)n3)cc3ccccc23)cc1. The fourth-order valence-corrected chi connectivity index (χ4v) is 8.49. The van der Waals surface area contributed by atoms with Crippen LogP contribution in [0.25, 0.3) is 116 Å². The van der Waals surface area contributed by atoms with Gasteiger partial charge in [-0.1, -0.05) is 115 Å². The first-order valence-corrected chi connectivity index (χ1v) is 19.4. The quantitative estimate of drug-likeness (QED) is 0.176. The molecule has 4 heterocycles. The van der Waals surface area contributed by atoms with Crippen LogP contribution in [-0.2, 0) is 0 Å². The minimum Gasteiger partial charge on any atom is -0.438 e. The Balaban J connectivity index is 1.10. The van der Waals surface area contributed by atoms with E-state index in [1.807, 2.05) is 24.3 Å². The van der Waals surface area contributed by atoms with Crippen LogP contribution in [0.5, 0.6) is 0 Å². The van der Waals surface area contributed by atoms with Crippen LogP contribution in [0.3, 0.4) is 0 Å². The summed E-state index contributed by atoms with van der Waals surface area (Å²) in [6.45, 7) is 0. The fraction of sp³-hybridized carbons (Fsp3) is 0. The molecule has 0 unspecified atom stereocenters. The zero-order chi connectivity index (χ0) is 38.2. The molecule has 12 aromatic rings. The monoisotopic (exact) mass is 741 g/mol. The largest absolute Gasteiger partial charge is 0.438 e. The van der Waals surface area contributed by atoms with E-state index in [2.05, 4.69) is 167 Å². The summed E-state index contributed by atoms with van der Waals surface area (Å²) in [5.74, 6) is 1.77. The van der Waals surface area contributed by atoms with Gasteiger partial charge in [0.1, 0.15) is 5.58 Å². The van der Waals surface area contributed by atoms with Gasteiger partial charge in [-0.15, -0.1) is 0 Å². The third-order valence-corrected chi connectivity index (χ3v) is 11.3. The van der Waals surface area contributed by atoms with Crippen molar-refractivity contribution in [1.29, 1.82) is 0 Å². The van der Waals surface area contributed by atoms with Crippen molar-refractivity contribution in [2.75, 3.05) is 0 Å². The van der Waals surface area contributed by atoms with E-state index in [9.17, 15) is 0 Å². The number of furan rings is 1. The van der Waals surface area contributed by atoms with Crippen LogP contribution in [0, 0.1) is 0 Å². The van der Waals surface area contributed by atoms with Crippen LogP contribution in [0.4, 0.5) is 0 Å². The Morgan fingerprint density at radius 1 is 0.362 bits per heavy atom. The van der Waals surface area contributed by atoms with Gasteiger partial charge >= 0.3 is 0 Å². The molecule has 270 valence electrons. The van der Waals surface area contributed by atoms with Gasteiger partial charge < -0.3 is 8.98 Å². The molecule has 6 nitrogen and oxygen atoms in total. The summed E-state index contributed by atoms with van der Waals surface area (Å²) in [7, 11) is 0. The number of pyridine rings is 1. The second-order valence-electron chi connectivity index (χ2n) is 14.7. The molecule has 0 N–H and O–H groups in total. The van der Waals surface area contributed by atoms with Crippen molar-refractivity contribution in [3.8, 4) is 51.0 Å². The van der Waals surface area contributed by atoms with Crippen molar-refractivity contribution in [1.82, 2.24) is 24.5 Å². The van der Waals surface area contributed by atoms with E-state index in [0.29, 0.717) is 23.2 Å². The zero-order valence-corrected chi connectivity index (χ0v) is 31.0. The molecule has 0 aliphatic heterocycles. The smallest absolute Gasteiger partial charge is 0.227 e. The van der Waals surface area contributed by atoms with Crippen molar-refractivity contribution in [2.45, 2.75) is 0 Å². The maximum Gasteiger partial charge on any atom is 0.227 e. The standard InChI is InChI=1S/C52H31N5O/c1-2-11-32(12-3-1)35-22-24-46-43(29-35)41-17-8-9-19-45(41)57(46)47-31-39(28-36-15-6-7-16-40(36)47)51-55-49(37-21-20-33-13-4-5-14-34(33)27-37)54-50(56-51)38-23-25-48-44(30-38)42-18-10-26-53-52(42)58-48/h1-31H. The molecular formula is C52H31N5O. The van der Waals surface area contributed by atoms with E-state index in [4.69, 9.17) is 19.4 Å². The van der Waals surface area contributed by atoms with Crippen molar-refractivity contribution in [3.05, 3.63) is 188 Å². The normalized spacial score (nSPS) is 11.8. The Bertz CT molecular complexity index is 3590. The maximum atomic E-state index is 6.08. The minimum absolute atomic E-state index is 0.577. The molecule has 0 aliphatic rings. The molecule has 4 aromatic heterocycles. The van der Waals surface area contributed by atoms with Gasteiger partial charge in [-0.25, -0.2) is 19.9 Å². The predicted molar refractivity (Wildman–Crippen MR) is 236 cm³/mol. The second-order valence-corrected chi connectivity index (χ2v) is 14.7. The molecule has 0 aliphatic carbocycles. The summed E-state index contributed by atoms with van der Waals surface area (Å²) in [6.07, 6.45) is 1.75. The first kappa shape index (κ1) is 32.3. The number of fused-ring (bicyclic) bond motifs is 8. The van der Waals surface area contributed by atoms with Gasteiger partial charge in [-0.2, -0.15) is 0 Å². The summed E-state index contributed by atoms with van der Waals surface area (Å²) in [4.78, 5) is 20.1.